The summed E-state index contributed by atoms with van der Waals surface area (Å²) >= 11 is 0. The van der Waals surface area contributed by atoms with E-state index in [1.165, 1.54) is 24.8 Å². The zero-order valence-corrected chi connectivity index (χ0v) is 6.73. The lowest BCUT2D eigenvalue weighted by Crippen LogP contribution is -2.18. The maximum Gasteiger partial charge on any atom is 0.0612 e. The molecule has 1 rings (SSSR count). The summed E-state index contributed by atoms with van der Waals surface area (Å²) in [7, 11) is 0. The summed E-state index contributed by atoms with van der Waals surface area (Å²) in [5.41, 5.74) is 1.24. The Morgan fingerprint density at radius 3 is 2.90 bits per heavy atom. The lowest BCUT2D eigenvalue weighted by atomic mass is 10.0. The average Bonchev–Trinajstić information content (AvgIpc) is 1.88. The Hall–Kier alpha value is -0.300. The van der Waals surface area contributed by atoms with E-state index < -0.39 is 0 Å². The minimum atomic E-state index is 0.478. The van der Waals surface area contributed by atoms with Gasteiger partial charge in [-0.3, -0.25) is 0 Å². The molecule has 1 unspecified atom stereocenters. The molecular weight excluding hydrogens is 124 g/mol. The summed E-state index contributed by atoms with van der Waals surface area (Å²) in [6, 6.07) is 0. The van der Waals surface area contributed by atoms with E-state index in [2.05, 4.69) is 13.5 Å². The van der Waals surface area contributed by atoms with Gasteiger partial charge in [-0.2, -0.15) is 0 Å². The van der Waals surface area contributed by atoms with Crippen LogP contribution in [0.2, 0.25) is 0 Å². The van der Waals surface area contributed by atoms with E-state index in [0.717, 1.165) is 13.0 Å². The summed E-state index contributed by atoms with van der Waals surface area (Å²) in [5.74, 6) is 0. The molecule has 0 aliphatic carbocycles. The SMILES string of the molecule is C=C(C)CC1CCCCO1. The summed E-state index contributed by atoms with van der Waals surface area (Å²) in [5, 5.41) is 0. The van der Waals surface area contributed by atoms with Crippen LogP contribution in [0.15, 0.2) is 12.2 Å². The van der Waals surface area contributed by atoms with Crippen molar-refractivity contribution in [1.82, 2.24) is 0 Å². The Balaban J connectivity index is 2.19. The van der Waals surface area contributed by atoms with Crippen LogP contribution >= 0.6 is 0 Å². The molecule has 1 aliphatic heterocycles. The minimum Gasteiger partial charge on any atom is -0.378 e. The lowest BCUT2D eigenvalue weighted by molar-refractivity contribution is 0.0169. The Morgan fingerprint density at radius 1 is 1.60 bits per heavy atom. The Labute approximate surface area is 63.1 Å². The Morgan fingerprint density at radius 2 is 2.40 bits per heavy atom. The van der Waals surface area contributed by atoms with Crippen molar-refractivity contribution >= 4 is 0 Å². The summed E-state index contributed by atoms with van der Waals surface area (Å²) in [4.78, 5) is 0. The number of hydrogen-bond donors (Lipinski definition) is 0. The van der Waals surface area contributed by atoms with E-state index in [0.29, 0.717) is 6.10 Å². The van der Waals surface area contributed by atoms with Crippen molar-refractivity contribution in [1.29, 1.82) is 0 Å². The maximum atomic E-state index is 5.53. The molecule has 0 amide bonds. The highest BCUT2D eigenvalue weighted by molar-refractivity contribution is 4.91. The standard InChI is InChI=1S/C9H16O/c1-8(2)7-9-5-3-4-6-10-9/h9H,1,3-7H2,2H3. The van der Waals surface area contributed by atoms with Gasteiger partial charge in [0.2, 0.25) is 0 Å². The van der Waals surface area contributed by atoms with E-state index in [1.807, 2.05) is 0 Å². The summed E-state index contributed by atoms with van der Waals surface area (Å²) in [6.45, 7) is 6.89. The van der Waals surface area contributed by atoms with Crippen LogP contribution in [0.3, 0.4) is 0 Å². The maximum absolute atomic E-state index is 5.53. The predicted molar refractivity (Wildman–Crippen MR) is 43.0 cm³/mol. The normalized spacial score (nSPS) is 26.3. The van der Waals surface area contributed by atoms with Crippen LogP contribution in [0.25, 0.3) is 0 Å². The first-order valence-electron chi connectivity index (χ1n) is 4.05. The molecule has 0 saturated carbocycles. The number of hydrogen-bond acceptors (Lipinski definition) is 1. The fourth-order valence-corrected chi connectivity index (χ4v) is 1.36. The highest BCUT2D eigenvalue weighted by Gasteiger charge is 2.12. The van der Waals surface area contributed by atoms with Crippen LogP contribution in [0, 0.1) is 0 Å². The molecule has 1 nitrogen and oxygen atoms in total. The molecule has 0 aromatic rings. The van der Waals surface area contributed by atoms with Gasteiger partial charge in [0.25, 0.3) is 0 Å². The zero-order valence-electron chi connectivity index (χ0n) is 6.73. The zero-order chi connectivity index (χ0) is 7.40. The van der Waals surface area contributed by atoms with Crippen molar-refractivity contribution in [2.24, 2.45) is 0 Å². The van der Waals surface area contributed by atoms with Gasteiger partial charge in [0, 0.05) is 6.61 Å². The molecule has 0 aromatic carbocycles. The average molecular weight is 140 g/mol. The second-order valence-electron chi connectivity index (χ2n) is 3.15. The van der Waals surface area contributed by atoms with Gasteiger partial charge in [-0.1, -0.05) is 5.57 Å². The first kappa shape index (κ1) is 7.80. The topological polar surface area (TPSA) is 9.23 Å². The van der Waals surface area contributed by atoms with Gasteiger partial charge >= 0.3 is 0 Å². The third-order valence-corrected chi connectivity index (χ3v) is 1.85. The molecule has 1 atom stereocenters. The molecule has 1 fully saturated rings. The number of rotatable bonds is 2. The van der Waals surface area contributed by atoms with Crippen LogP contribution in [0.5, 0.6) is 0 Å². The second-order valence-corrected chi connectivity index (χ2v) is 3.15. The summed E-state index contributed by atoms with van der Waals surface area (Å²) < 4.78 is 5.53. The van der Waals surface area contributed by atoms with Crippen LogP contribution in [0.1, 0.15) is 32.6 Å². The van der Waals surface area contributed by atoms with Crippen molar-refractivity contribution < 1.29 is 4.74 Å². The fraction of sp³-hybridized carbons (Fsp3) is 0.778. The van der Waals surface area contributed by atoms with Crippen LogP contribution < -0.4 is 0 Å². The highest BCUT2D eigenvalue weighted by atomic mass is 16.5. The van der Waals surface area contributed by atoms with Gasteiger partial charge in [-0.15, -0.1) is 6.58 Å². The van der Waals surface area contributed by atoms with E-state index in [4.69, 9.17) is 4.74 Å². The van der Waals surface area contributed by atoms with Gasteiger partial charge in [0.15, 0.2) is 0 Å². The lowest BCUT2D eigenvalue weighted by Gasteiger charge is -2.22. The van der Waals surface area contributed by atoms with Gasteiger partial charge in [0.05, 0.1) is 6.10 Å². The first-order chi connectivity index (χ1) is 4.79. The molecule has 58 valence electrons. The van der Waals surface area contributed by atoms with E-state index in [9.17, 15) is 0 Å². The molecule has 0 radical (unpaired) electrons. The second kappa shape index (κ2) is 3.77. The molecule has 1 heterocycles. The van der Waals surface area contributed by atoms with Gasteiger partial charge in [-0.25, -0.2) is 0 Å². The van der Waals surface area contributed by atoms with Gasteiger partial charge < -0.3 is 4.74 Å². The predicted octanol–water partition coefficient (Wildman–Crippen LogP) is 2.52. The monoisotopic (exact) mass is 140 g/mol. The highest BCUT2D eigenvalue weighted by Crippen LogP contribution is 2.17. The van der Waals surface area contributed by atoms with Crippen LogP contribution in [0.4, 0.5) is 0 Å². The molecule has 1 heteroatoms. The molecular formula is C9H16O. The van der Waals surface area contributed by atoms with Crippen molar-refractivity contribution in [3.8, 4) is 0 Å². The van der Waals surface area contributed by atoms with E-state index in [1.54, 1.807) is 0 Å². The number of ether oxygens (including phenoxy) is 1. The van der Waals surface area contributed by atoms with E-state index in [-0.39, 0.29) is 0 Å². The largest absolute Gasteiger partial charge is 0.378 e. The fourth-order valence-electron chi connectivity index (χ4n) is 1.36. The smallest absolute Gasteiger partial charge is 0.0612 e. The van der Waals surface area contributed by atoms with Crippen molar-refractivity contribution in [3.63, 3.8) is 0 Å². The molecule has 1 aliphatic rings. The Bertz CT molecular complexity index is 112. The Kier molecular flexibility index (Phi) is 2.94. The first-order valence-corrected chi connectivity index (χ1v) is 4.05. The molecule has 0 spiro atoms. The molecule has 10 heavy (non-hydrogen) atoms. The van der Waals surface area contributed by atoms with Crippen molar-refractivity contribution in [3.05, 3.63) is 12.2 Å². The quantitative estimate of drug-likeness (QED) is 0.535. The van der Waals surface area contributed by atoms with Gasteiger partial charge in [0.1, 0.15) is 0 Å². The molecule has 0 bridgehead atoms. The minimum absolute atomic E-state index is 0.478. The van der Waals surface area contributed by atoms with Gasteiger partial charge in [-0.05, 0) is 32.6 Å². The summed E-state index contributed by atoms with van der Waals surface area (Å²) in [6.07, 6.45) is 5.34. The third kappa shape index (κ3) is 2.53. The molecule has 0 aromatic heterocycles. The van der Waals surface area contributed by atoms with E-state index >= 15 is 0 Å². The third-order valence-electron chi connectivity index (χ3n) is 1.85. The molecule has 0 N–H and O–H groups in total. The van der Waals surface area contributed by atoms with Crippen LogP contribution in [-0.4, -0.2) is 12.7 Å². The van der Waals surface area contributed by atoms with Crippen molar-refractivity contribution in [2.75, 3.05) is 6.61 Å². The molecule has 1 saturated heterocycles. The van der Waals surface area contributed by atoms with Crippen LogP contribution in [-0.2, 0) is 4.74 Å². The van der Waals surface area contributed by atoms with Crippen molar-refractivity contribution in [2.45, 2.75) is 38.7 Å².